The van der Waals surface area contributed by atoms with Crippen molar-refractivity contribution >= 4 is 11.8 Å². The van der Waals surface area contributed by atoms with Crippen LogP contribution >= 0.6 is 0 Å². The minimum Gasteiger partial charge on any atom is -0.459 e. The van der Waals surface area contributed by atoms with E-state index in [1.54, 1.807) is 24.3 Å². The number of hydrogen-bond acceptors (Lipinski definition) is 3. The molecular formula is C17H20N2O3. The van der Waals surface area contributed by atoms with Crippen molar-refractivity contribution in [2.24, 2.45) is 0 Å². The molecule has 1 atom stereocenters. The lowest BCUT2D eigenvalue weighted by Gasteiger charge is -2.25. The van der Waals surface area contributed by atoms with Gasteiger partial charge in [0.15, 0.2) is 5.76 Å². The summed E-state index contributed by atoms with van der Waals surface area (Å²) < 4.78 is 5.07. The quantitative estimate of drug-likeness (QED) is 0.912. The van der Waals surface area contributed by atoms with Crippen LogP contribution in [0.4, 0.5) is 0 Å². The molecule has 5 heteroatoms. The monoisotopic (exact) mass is 300 g/mol. The molecule has 0 spiro atoms. The Kier molecular flexibility index (Phi) is 4.65. The van der Waals surface area contributed by atoms with Crippen LogP contribution in [0.1, 0.15) is 42.9 Å². The topological polar surface area (TPSA) is 71.3 Å². The summed E-state index contributed by atoms with van der Waals surface area (Å²) in [6, 6.07) is 11.5. The lowest BCUT2D eigenvalue weighted by atomic mass is 10.0. The van der Waals surface area contributed by atoms with Crippen molar-refractivity contribution in [3.63, 3.8) is 0 Å². The van der Waals surface area contributed by atoms with Crippen LogP contribution in [-0.2, 0) is 4.79 Å². The molecule has 0 fully saturated rings. The third kappa shape index (κ3) is 4.22. The molecule has 2 N–H and O–H groups in total. The Morgan fingerprint density at radius 2 is 1.73 bits per heavy atom. The Balaban J connectivity index is 2.22. The van der Waals surface area contributed by atoms with Crippen LogP contribution < -0.4 is 10.6 Å². The third-order valence-corrected chi connectivity index (χ3v) is 2.91. The molecule has 2 aromatic rings. The van der Waals surface area contributed by atoms with E-state index in [-0.39, 0.29) is 17.2 Å². The van der Waals surface area contributed by atoms with E-state index >= 15 is 0 Å². The van der Waals surface area contributed by atoms with Crippen molar-refractivity contribution in [1.29, 1.82) is 0 Å². The summed E-state index contributed by atoms with van der Waals surface area (Å²) in [7, 11) is 0. The zero-order chi connectivity index (χ0) is 16.2. The van der Waals surface area contributed by atoms with Crippen molar-refractivity contribution in [2.75, 3.05) is 0 Å². The highest BCUT2D eigenvalue weighted by Gasteiger charge is 2.26. The maximum Gasteiger partial charge on any atom is 0.287 e. The predicted molar refractivity (Wildman–Crippen MR) is 83.3 cm³/mol. The summed E-state index contributed by atoms with van der Waals surface area (Å²) in [6.07, 6.45) is 1.42. The SMILES string of the molecule is CC(C)(C)NC(=O)C(NC(=O)c1ccco1)c1ccccc1. The summed E-state index contributed by atoms with van der Waals surface area (Å²) >= 11 is 0. The Bertz CT molecular complexity index is 628. The van der Waals surface area contributed by atoms with E-state index in [4.69, 9.17) is 4.42 Å². The van der Waals surface area contributed by atoms with Crippen LogP contribution in [0.15, 0.2) is 53.1 Å². The average Bonchev–Trinajstić information content (AvgIpc) is 2.97. The fraction of sp³-hybridized carbons (Fsp3) is 0.294. The first kappa shape index (κ1) is 15.8. The average molecular weight is 300 g/mol. The van der Waals surface area contributed by atoms with Crippen molar-refractivity contribution in [3.8, 4) is 0 Å². The van der Waals surface area contributed by atoms with Crippen LogP contribution in [0.5, 0.6) is 0 Å². The fourth-order valence-electron chi connectivity index (χ4n) is 2.00. The smallest absolute Gasteiger partial charge is 0.287 e. The highest BCUT2D eigenvalue weighted by atomic mass is 16.3. The second-order valence-corrected chi connectivity index (χ2v) is 6.03. The predicted octanol–water partition coefficient (Wildman–Crippen LogP) is 2.67. The molecule has 0 bridgehead atoms. The van der Waals surface area contributed by atoms with E-state index in [1.165, 1.54) is 6.26 Å². The molecule has 0 aliphatic rings. The Labute approximate surface area is 129 Å². The molecule has 22 heavy (non-hydrogen) atoms. The maximum absolute atomic E-state index is 12.5. The normalized spacial score (nSPS) is 12.5. The van der Waals surface area contributed by atoms with Crippen LogP contribution in [-0.4, -0.2) is 17.4 Å². The van der Waals surface area contributed by atoms with Crippen molar-refractivity contribution in [2.45, 2.75) is 32.4 Å². The zero-order valence-electron chi connectivity index (χ0n) is 12.9. The number of hydrogen-bond donors (Lipinski definition) is 2. The molecule has 0 radical (unpaired) electrons. The molecule has 0 saturated carbocycles. The van der Waals surface area contributed by atoms with Gasteiger partial charge in [-0.15, -0.1) is 0 Å². The second kappa shape index (κ2) is 6.47. The van der Waals surface area contributed by atoms with Crippen LogP contribution in [0.25, 0.3) is 0 Å². The molecule has 0 saturated heterocycles. The number of furan rings is 1. The molecule has 2 amide bonds. The van der Waals surface area contributed by atoms with Gasteiger partial charge in [-0.3, -0.25) is 9.59 Å². The number of carbonyl (C=O) groups excluding carboxylic acids is 2. The van der Waals surface area contributed by atoms with Crippen LogP contribution in [0.2, 0.25) is 0 Å². The molecule has 5 nitrogen and oxygen atoms in total. The van der Waals surface area contributed by atoms with E-state index in [2.05, 4.69) is 10.6 Å². The number of rotatable bonds is 4. The number of nitrogens with one attached hydrogen (secondary N) is 2. The van der Waals surface area contributed by atoms with E-state index < -0.39 is 11.9 Å². The number of benzene rings is 1. The van der Waals surface area contributed by atoms with Gasteiger partial charge in [0.1, 0.15) is 6.04 Å². The summed E-state index contributed by atoms with van der Waals surface area (Å²) in [5.74, 6) is -0.522. The third-order valence-electron chi connectivity index (χ3n) is 2.91. The maximum atomic E-state index is 12.5. The first-order valence-electron chi connectivity index (χ1n) is 7.08. The second-order valence-electron chi connectivity index (χ2n) is 6.03. The lowest BCUT2D eigenvalue weighted by Crippen LogP contribution is -2.47. The van der Waals surface area contributed by atoms with Gasteiger partial charge in [0.2, 0.25) is 5.91 Å². The minimum absolute atomic E-state index is 0.171. The highest BCUT2D eigenvalue weighted by molar-refractivity contribution is 5.96. The molecule has 1 aromatic carbocycles. The number of amides is 2. The van der Waals surface area contributed by atoms with Gasteiger partial charge in [-0.2, -0.15) is 0 Å². The van der Waals surface area contributed by atoms with Gasteiger partial charge in [0, 0.05) is 5.54 Å². The molecule has 1 heterocycles. The Hall–Kier alpha value is -2.56. The lowest BCUT2D eigenvalue weighted by molar-refractivity contribution is -0.124. The van der Waals surface area contributed by atoms with Crippen molar-refractivity contribution < 1.29 is 14.0 Å². The van der Waals surface area contributed by atoms with Crippen LogP contribution in [0, 0.1) is 0 Å². The van der Waals surface area contributed by atoms with E-state index in [0.717, 1.165) is 0 Å². The molecule has 2 rings (SSSR count). The van der Waals surface area contributed by atoms with Gasteiger partial charge in [-0.1, -0.05) is 30.3 Å². The van der Waals surface area contributed by atoms with Gasteiger partial charge >= 0.3 is 0 Å². The van der Waals surface area contributed by atoms with Gasteiger partial charge in [-0.05, 0) is 38.5 Å². The number of carbonyl (C=O) groups is 2. The van der Waals surface area contributed by atoms with E-state index in [0.29, 0.717) is 5.56 Å². The summed E-state index contributed by atoms with van der Waals surface area (Å²) in [4.78, 5) is 24.7. The largest absolute Gasteiger partial charge is 0.459 e. The van der Waals surface area contributed by atoms with Crippen LogP contribution in [0.3, 0.4) is 0 Å². The van der Waals surface area contributed by atoms with Gasteiger partial charge in [0.25, 0.3) is 5.91 Å². The summed E-state index contributed by atoms with van der Waals surface area (Å²) in [5, 5.41) is 5.60. The molecular weight excluding hydrogens is 280 g/mol. The van der Waals surface area contributed by atoms with E-state index in [9.17, 15) is 9.59 Å². The summed E-state index contributed by atoms with van der Waals surface area (Å²) in [6.45, 7) is 5.67. The zero-order valence-corrected chi connectivity index (χ0v) is 12.9. The first-order valence-corrected chi connectivity index (χ1v) is 7.08. The summed E-state index contributed by atoms with van der Waals surface area (Å²) in [5.41, 5.74) is 0.323. The van der Waals surface area contributed by atoms with E-state index in [1.807, 2.05) is 39.0 Å². The van der Waals surface area contributed by atoms with Crippen molar-refractivity contribution in [3.05, 3.63) is 60.1 Å². The Morgan fingerprint density at radius 3 is 2.27 bits per heavy atom. The van der Waals surface area contributed by atoms with Crippen molar-refractivity contribution in [1.82, 2.24) is 10.6 Å². The molecule has 1 aromatic heterocycles. The van der Waals surface area contributed by atoms with Gasteiger partial charge in [-0.25, -0.2) is 0 Å². The Morgan fingerprint density at radius 1 is 1.05 bits per heavy atom. The standard InChI is InChI=1S/C17H20N2O3/c1-17(2,3)19-16(21)14(12-8-5-4-6-9-12)18-15(20)13-10-7-11-22-13/h4-11,14H,1-3H3,(H,18,20)(H,19,21). The molecule has 1 unspecified atom stereocenters. The molecule has 0 aliphatic heterocycles. The van der Waals surface area contributed by atoms with Gasteiger partial charge < -0.3 is 15.1 Å². The molecule has 116 valence electrons. The van der Waals surface area contributed by atoms with Gasteiger partial charge in [0.05, 0.1) is 6.26 Å². The first-order chi connectivity index (χ1) is 10.4. The fourth-order valence-corrected chi connectivity index (χ4v) is 2.00. The highest BCUT2D eigenvalue weighted by Crippen LogP contribution is 2.15. The minimum atomic E-state index is -0.780. The molecule has 0 aliphatic carbocycles.